The molecular formula is C13H15N3O2. The van der Waals surface area contributed by atoms with Crippen LogP contribution in [0.4, 0.5) is 5.69 Å². The molecule has 3 N–H and O–H groups in total. The summed E-state index contributed by atoms with van der Waals surface area (Å²) in [5.41, 5.74) is 7.66. The summed E-state index contributed by atoms with van der Waals surface area (Å²) in [7, 11) is 1.61. The van der Waals surface area contributed by atoms with Crippen molar-refractivity contribution in [1.82, 2.24) is 9.97 Å². The van der Waals surface area contributed by atoms with Crippen LogP contribution in [0, 0.1) is 0 Å². The highest BCUT2D eigenvalue weighted by Gasteiger charge is 2.04. The third-order valence-electron chi connectivity index (χ3n) is 2.54. The highest BCUT2D eigenvalue weighted by Crippen LogP contribution is 2.16. The van der Waals surface area contributed by atoms with Crippen LogP contribution < -0.4 is 11.3 Å². The summed E-state index contributed by atoms with van der Waals surface area (Å²) in [4.78, 5) is 18.6. The number of H-pyrrole nitrogens is 1. The Kier molecular flexibility index (Phi) is 3.74. The Morgan fingerprint density at radius 3 is 2.72 bits per heavy atom. The van der Waals surface area contributed by atoms with Crippen molar-refractivity contribution in [2.75, 3.05) is 19.5 Å². The van der Waals surface area contributed by atoms with E-state index in [2.05, 4.69) is 9.97 Å². The van der Waals surface area contributed by atoms with Gasteiger partial charge >= 0.3 is 0 Å². The van der Waals surface area contributed by atoms with Gasteiger partial charge in [-0.2, -0.15) is 0 Å². The summed E-state index contributed by atoms with van der Waals surface area (Å²) in [6.45, 7) is 0.522. The molecule has 2 rings (SSSR count). The van der Waals surface area contributed by atoms with E-state index in [1.165, 1.54) is 6.07 Å². The second kappa shape index (κ2) is 5.46. The van der Waals surface area contributed by atoms with Crippen LogP contribution in [-0.4, -0.2) is 23.7 Å². The molecule has 2 aromatic rings. The molecule has 0 spiro atoms. The maximum atomic E-state index is 11.6. The maximum absolute atomic E-state index is 11.6. The summed E-state index contributed by atoms with van der Waals surface area (Å²) in [5, 5.41) is 0. The predicted molar refractivity (Wildman–Crippen MR) is 70.3 cm³/mol. The van der Waals surface area contributed by atoms with E-state index in [0.717, 1.165) is 5.56 Å². The van der Waals surface area contributed by atoms with Gasteiger partial charge in [0.1, 0.15) is 5.82 Å². The molecule has 5 nitrogen and oxygen atoms in total. The molecule has 94 valence electrons. The Balaban J connectivity index is 2.35. The average molecular weight is 245 g/mol. The highest BCUT2D eigenvalue weighted by atomic mass is 16.5. The lowest BCUT2D eigenvalue weighted by Crippen LogP contribution is -2.12. The van der Waals surface area contributed by atoms with E-state index < -0.39 is 0 Å². The standard InChI is InChI=1S/C13H15N3O2/c1-18-7-6-12-15-11(8-13(17)16-12)9-2-4-10(14)5-3-9/h2-5,8H,6-7,14H2,1H3,(H,15,16,17). The fourth-order valence-corrected chi connectivity index (χ4v) is 1.63. The van der Waals surface area contributed by atoms with E-state index in [1.807, 2.05) is 12.1 Å². The maximum Gasteiger partial charge on any atom is 0.251 e. The molecule has 1 aromatic carbocycles. The van der Waals surface area contributed by atoms with Crippen molar-refractivity contribution in [3.8, 4) is 11.3 Å². The van der Waals surface area contributed by atoms with Crippen molar-refractivity contribution < 1.29 is 4.74 Å². The summed E-state index contributed by atoms with van der Waals surface area (Å²) in [6, 6.07) is 8.73. The van der Waals surface area contributed by atoms with Crippen LogP contribution in [-0.2, 0) is 11.2 Å². The van der Waals surface area contributed by atoms with E-state index >= 15 is 0 Å². The van der Waals surface area contributed by atoms with Crippen LogP contribution in [0.25, 0.3) is 11.3 Å². The summed E-state index contributed by atoms with van der Waals surface area (Å²) < 4.78 is 4.97. The number of methoxy groups -OCH3 is 1. The zero-order valence-corrected chi connectivity index (χ0v) is 10.1. The Hall–Kier alpha value is -2.14. The Morgan fingerprint density at radius 1 is 1.33 bits per heavy atom. The van der Waals surface area contributed by atoms with E-state index in [9.17, 15) is 4.79 Å². The Labute approximate surface area is 105 Å². The number of aromatic amines is 1. The average Bonchev–Trinajstić information content (AvgIpc) is 2.36. The second-order valence-electron chi connectivity index (χ2n) is 3.94. The van der Waals surface area contributed by atoms with Gasteiger partial charge in [-0.1, -0.05) is 12.1 Å². The number of rotatable bonds is 4. The molecule has 0 aliphatic rings. The summed E-state index contributed by atoms with van der Waals surface area (Å²) >= 11 is 0. The van der Waals surface area contributed by atoms with E-state index in [-0.39, 0.29) is 5.56 Å². The van der Waals surface area contributed by atoms with Crippen LogP contribution in [0.1, 0.15) is 5.82 Å². The quantitative estimate of drug-likeness (QED) is 0.793. The van der Waals surface area contributed by atoms with Crippen LogP contribution in [0.2, 0.25) is 0 Å². The Morgan fingerprint density at radius 2 is 2.06 bits per heavy atom. The van der Waals surface area contributed by atoms with Crippen LogP contribution in [0.5, 0.6) is 0 Å². The lowest BCUT2D eigenvalue weighted by atomic mass is 10.1. The molecule has 1 aromatic heterocycles. The topological polar surface area (TPSA) is 81.0 Å². The first-order valence-corrected chi connectivity index (χ1v) is 5.64. The number of hydrogen-bond donors (Lipinski definition) is 2. The molecule has 1 heterocycles. The first-order chi connectivity index (χ1) is 8.69. The molecule has 0 aliphatic carbocycles. The smallest absolute Gasteiger partial charge is 0.251 e. The molecule has 5 heteroatoms. The van der Waals surface area contributed by atoms with Crippen molar-refractivity contribution in [2.24, 2.45) is 0 Å². The second-order valence-corrected chi connectivity index (χ2v) is 3.94. The van der Waals surface area contributed by atoms with Gasteiger partial charge < -0.3 is 15.5 Å². The Bertz CT molecular complexity index is 576. The van der Waals surface area contributed by atoms with Crippen molar-refractivity contribution in [3.05, 3.63) is 46.5 Å². The number of nitrogens with two attached hydrogens (primary N) is 1. The number of benzene rings is 1. The van der Waals surface area contributed by atoms with Gasteiger partial charge in [-0.3, -0.25) is 4.79 Å². The van der Waals surface area contributed by atoms with Gasteiger partial charge in [0.25, 0.3) is 5.56 Å². The van der Waals surface area contributed by atoms with E-state index in [4.69, 9.17) is 10.5 Å². The number of nitrogens with zero attached hydrogens (tertiary/aromatic N) is 1. The van der Waals surface area contributed by atoms with E-state index in [0.29, 0.717) is 30.2 Å². The third kappa shape index (κ3) is 2.95. The molecule has 0 saturated heterocycles. The fourth-order valence-electron chi connectivity index (χ4n) is 1.63. The lowest BCUT2D eigenvalue weighted by Gasteiger charge is -2.04. The number of hydrogen-bond acceptors (Lipinski definition) is 4. The van der Waals surface area contributed by atoms with Crippen LogP contribution in [0.15, 0.2) is 35.1 Å². The molecule has 0 radical (unpaired) electrons. The van der Waals surface area contributed by atoms with Gasteiger partial charge in [-0.25, -0.2) is 4.98 Å². The van der Waals surface area contributed by atoms with Gasteiger partial charge in [0.15, 0.2) is 0 Å². The van der Waals surface area contributed by atoms with Crippen molar-refractivity contribution in [2.45, 2.75) is 6.42 Å². The monoisotopic (exact) mass is 245 g/mol. The molecular weight excluding hydrogens is 230 g/mol. The first-order valence-electron chi connectivity index (χ1n) is 5.64. The minimum Gasteiger partial charge on any atom is -0.399 e. The predicted octanol–water partition coefficient (Wildman–Crippen LogP) is 1.21. The van der Waals surface area contributed by atoms with Gasteiger partial charge in [0.05, 0.1) is 12.3 Å². The van der Waals surface area contributed by atoms with Gasteiger partial charge in [-0.05, 0) is 12.1 Å². The number of ether oxygens (including phenoxy) is 1. The molecule has 0 unspecified atom stereocenters. The SMILES string of the molecule is COCCc1nc(-c2ccc(N)cc2)cc(=O)[nH]1. The van der Waals surface area contributed by atoms with Gasteiger partial charge in [0.2, 0.25) is 0 Å². The van der Waals surface area contributed by atoms with Gasteiger partial charge in [-0.15, -0.1) is 0 Å². The minimum atomic E-state index is -0.164. The lowest BCUT2D eigenvalue weighted by molar-refractivity contribution is 0.200. The number of aromatic nitrogens is 2. The fraction of sp³-hybridized carbons (Fsp3) is 0.231. The number of anilines is 1. The molecule has 18 heavy (non-hydrogen) atoms. The zero-order valence-electron chi connectivity index (χ0n) is 10.1. The largest absolute Gasteiger partial charge is 0.399 e. The van der Waals surface area contributed by atoms with E-state index in [1.54, 1.807) is 19.2 Å². The number of nitrogens with one attached hydrogen (secondary N) is 1. The minimum absolute atomic E-state index is 0.164. The highest BCUT2D eigenvalue weighted by molar-refractivity contribution is 5.61. The summed E-state index contributed by atoms with van der Waals surface area (Å²) in [5.74, 6) is 0.621. The number of nitrogen functional groups attached to an aromatic ring is 1. The van der Waals surface area contributed by atoms with Crippen molar-refractivity contribution in [3.63, 3.8) is 0 Å². The molecule has 0 aliphatic heterocycles. The summed E-state index contributed by atoms with van der Waals surface area (Å²) in [6.07, 6.45) is 0.578. The molecule has 0 saturated carbocycles. The molecule has 0 atom stereocenters. The molecule has 0 fully saturated rings. The first kappa shape index (κ1) is 12.3. The third-order valence-corrected chi connectivity index (χ3v) is 2.54. The van der Waals surface area contributed by atoms with Crippen molar-refractivity contribution in [1.29, 1.82) is 0 Å². The van der Waals surface area contributed by atoms with Crippen LogP contribution in [0.3, 0.4) is 0 Å². The van der Waals surface area contributed by atoms with Crippen molar-refractivity contribution >= 4 is 5.69 Å². The van der Waals surface area contributed by atoms with Crippen LogP contribution >= 0.6 is 0 Å². The zero-order chi connectivity index (χ0) is 13.0. The molecule has 0 bridgehead atoms. The normalized spacial score (nSPS) is 10.5. The van der Waals surface area contributed by atoms with Gasteiger partial charge in [0, 0.05) is 30.8 Å². The molecule has 0 amide bonds.